The average Bonchev–Trinajstić information content (AvgIpc) is 2.46. The van der Waals surface area contributed by atoms with E-state index >= 15 is 0 Å². The fourth-order valence-corrected chi connectivity index (χ4v) is 3.16. The van der Waals surface area contributed by atoms with Crippen molar-refractivity contribution in [3.05, 3.63) is 30.1 Å². The maximum atomic E-state index is 13.2. The van der Waals surface area contributed by atoms with E-state index in [0.29, 0.717) is 5.69 Å². The third-order valence-electron chi connectivity index (χ3n) is 4.13. The summed E-state index contributed by atoms with van der Waals surface area (Å²) in [6.07, 6.45) is 3.92. The predicted molar refractivity (Wildman–Crippen MR) is 76.3 cm³/mol. The predicted octanol–water partition coefficient (Wildman–Crippen LogP) is 2.10. The first-order chi connectivity index (χ1) is 10.1. The SMILES string of the molecule is O=C1CN(C(=O)Nc2cccc(F)c2)C2CCCCC2N1. The summed E-state index contributed by atoms with van der Waals surface area (Å²) >= 11 is 0. The van der Waals surface area contributed by atoms with Crippen molar-refractivity contribution in [1.29, 1.82) is 0 Å². The van der Waals surface area contributed by atoms with Crippen molar-refractivity contribution >= 4 is 17.6 Å². The van der Waals surface area contributed by atoms with Crippen molar-refractivity contribution in [3.8, 4) is 0 Å². The third kappa shape index (κ3) is 2.99. The van der Waals surface area contributed by atoms with Gasteiger partial charge in [-0.05, 0) is 31.0 Å². The van der Waals surface area contributed by atoms with Crippen LogP contribution in [0.4, 0.5) is 14.9 Å². The highest BCUT2D eigenvalue weighted by atomic mass is 19.1. The molecule has 6 heteroatoms. The standard InChI is InChI=1S/C15H18FN3O2/c16-10-4-3-5-11(8-10)17-15(21)19-9-14(20)18-12-6-1-2-7-13(12)19/h3-5,8,12-13H,1-2,6-7,9H2,(H,17,21)(H,18,20). The van der Waals surface area contributed by atoms with Gasteiger partial charge in [0.05, 0.1) is 6.04 Å². The van der Waals surface area contributed by atoms with Crippen LogP contribution < -0.4 is 10.6 Å². The Kier molecular flexibility index (Phi) is 3.77. The molecule has 0 aromatic heterocycles. The fourth-order valence-electron chi connectivity index (χ4n) is 3.16. The number of piperazine rings is 1. The number of halogens is 1. The van der Waals surface area contributed by atoms with Crippen molar-refractivity contribution in [1.82, 2.24) is 10.2 Å². The van der Waals surface area contributed by atoms with E-state index in [0.717, 1.165) is 25.7 Å². The lowest BCUT2D eigenvalue weighted by atomic mass is 9.87. The molecule has 21 heavy (non-hydrogen) atoms. The summed E-state index contributed by atoms with van der Waals surface area (Å²) in [5, 5.41) is 5.63. The van der Waals surface area contributed by atoms with Gasteiger partial charge in [0.25, 0.3) is 0 Å². The van der Waals surface area contributed by atoms with Crippen LogP contribution >= 0.6 is 0 Å². The van der Waals surface area contributed by atoms with Crippen LogP contribution in [0.25, 0.3) is 0 Å². The summed E-state index contributed by atoms with van der Waals surface area (Å²) in [7, 11) is 0. The Balaban J connectivity index is 1.74. The van der Waals surface area contributed by atoms with Crippen LogP contribution in [0.1, 0.15) is 25.7 Å². The summed E-state index contributed by atoms with van der Waals surface area (Å²) in [5.41, 5.74) is 0.401. The van der Waals surface area contributed by atoms with Crippen LogP contribution in [-0.4, -0.2) is 35.5 Å². The Labute approximate surface area is 122 Å². The first-order valence-electron chi connectivity index (χ1n) is 7.26. The molecule has 5 nitrogen and oxygen atoms in total. The smallest absolute Gasteiger partial charge is 0.322 e. The second-order valence-electron chi connectivity index (χ2n) is 5.59. The van der Waals surface area contributed by atoms with Crippen molar-refractivity contribution in [2.75, 3.05) is 11.9 Å². The van der Waals surface area contributed by atoms with Gasteiger partial charge in [-0.25, -0.2) is 9.18 Å². The number of hydrogen-bond donors (Lipinski definition) is 2. The zero-order chi connectivity index (χ0) is 14.8. The minimum Gasteiger partial charge on any atom is -0.350 e. The molecule has 2 N–H and O–H groups in total. The summed E-state index contributed by atoms with van der Waals surface area (Å²) in [6, 6.07) is 5.48. The molecule has 0 radical (unpaired) electrons. The summed E-state index contributed by atoms with van der Waals surface area (Å²) in [5.74, 6) is -0.535. The van der Waals surface area contributed by atoms with Gasteiger partial charge >= 0.3 is 6.03 Å². The molecule has 3 amide bonds. The van der Waals surface area contributed by atoms with Gasteiger partial charge in [-0.3, -0.25) is 4.79 Å². The number of nitrogens with zero attached hydrogens (tertiary/aromatic N) is 1. The van der Waals surface area contributed by atoms with Crippen LogP contribution in [0, 0.1) is 5.82 Å². The lowest BCUT2D eigenvalue weighted by molar-refractivity contribution is -0.126. The van der Waals surface area contributed by atoms with Gasteiger partial charge in [0.1, 0.15) is 12.4 Å². The number of carbonyl (C=O) groups is 2. The zero-order valence-corrected chi connectivity index (χ0v) is 11.6. The molecule has 2 aliphatic rings. The van der Waals surface area contributed by atoms with Crippen LogP contribution in [0.15, 0.2) is 24.3 Å². The Bertz CT molecular complexity index is 564. The van der Waals surface area contributed by atoms with Crippen LogP contribution in [0.2, 0.25) is 0 Å². The fraction of sp³-hybridized carbons (Fsp3) is 0.467. The number of amides is 3. The van der Waals surface area contributed by atoms with Crippen molar-refractivity contribution in [2.24, 2.45) is 0 Å². The number of rotatable bonds is 1. The number of nitrogens with one attached hydrogen (secondary N) is 2. The molecule has 1 aliphatic heterocycles. The molecule has 2 unspecified atom stereocenters. The Morgan fingerprint density at radius 2 is 2.14 bits per heavy atom. The number of anilines is 1. The maximum Gasteiger partial charge on any atom is 0.322 e. The minimum absolute atomic E-state index is 0.0324. The molecule has 1 aromatic rings. The molecular weight excluding hydrogens is 273 g/mol. The van der Waals surface area contributed by atoms with Crippen LogP contribution in [-0.2, 0) is 4.79 Å². The summed E-state index contributed by atoms with van der Waals surface area (Å²) in [6.45, 7) is 0.0579. The third-order valence-corrected chi connectivity index (χ3v) is 4.13. The van der Waals surface area contributed by atoms with Crippen molar-refractivity contribution < 1.29 is 14.0 Å². The molecule has 3 rings (SSSR count). The van der Waals surface area contributed by atoms with E-state index in [-0.39, 0.29) is 30.6 Å². The molecule has 1 saturated carbocycles. The highest BCUT2D eigenvalue weighted by Crippen LogP contribution is 2.26. The first-order valence-corrected chi connectivity index (χ1v) is 7.26. The van der Waals surface area contributed by atoms with E-state index in [1.165, 1.54) is 18.2 Å². The Hall–Kier alpha value is -2.11. The maximum absolute atomic E-state index is 13.2. The van der Waals surface area contributed by atoms with E-state index in [1.54, 1.807) is 11.0 Å². The highest BCUT2D eigenvalue weighted by Gasteiger charge is 2.38. The highest BCUT2D eigenvalue weighted by molar-refractivity contribution is 5.93. The minimum atomic E-state index is -0.403. The van der Waals surface area contributed by atoms with E-state index < -0.39 is 5.82 Å². The van der Waals surface area contributed by atoms with Crippen LogP contribution in [0.5, 0.6) is 0 Å². The second-order valence-corrected chi connectivity index (χ2v) is 5.59. The normalized spacial score (nSPS) is 25.0. The van der Waals surface area contributed by atoms with E-state index in [1.807, 2.05) is 0 Å². The van der Waals surface area contributed by atoms with Gasteiger partial charge in [-0.1, -0.05) is 18.9 Å². The molecule has 1 aromatic carbocycles. The van der Waals surface area contributed by atoms with E-state index in [9.17, 15) is 14.0 Å². The number of fused-ring (bicyclic) bond motifs is 1. The lowest BCUT2D eigenvalue weighted by Crippen LogP contribution is -2.63. The van der Waals surface area contributed by atoms with Gasteiger partial charge in [-0.2, -0.15) is 0 Å². The summed E-state index contributed by atoms with van der Waals surface area (Å²) in [4.78, 5) is 25.7. The largest absolute Gasteiger partial charge is 0.350 e. The molecule has 1 saturated heterocycles. The molecule has 0 bridgehead atoms. The van der Waals surface area contributed by atoms with Gasteiger partial charge in [0, 0.05) is 11.7 Å². The van der Waals surface area contributed by atoms with E-state index in [4.69, 9.17) is 0 Å². The number of carbonyl (C=O) groups excluding carboxylic acids is 2. The molecule has 0 spiro atoms. The number of benzene rings is 1. The van der Waals surface area contributed by atoms with Crippen molar-refractivity contribution in [2.45, 2.75) is 37.8 Å². The van der Waals surface area contributed by atoms with Crippen LogP contribution in [0.3, 0.4) is 0 Å². The van der Waals surface area contributed by atoms with Gasteiger partial charge in [-0.15, -0.1) is 0 Å². The Morgan fingerprint density at radius 1 is 1.33 bits per heavy atom. The number of hydrogen-bond acceptors (Lipinski definition) is 2. The molecule has 2 fully saturated rings. The zero-order valence-electron chi connectivity index (χ0n) is 11.6. The molecule has 1 heterocycles. The first kappa shape index (κ1) is 13.9. The molecular formula is C15H18FN3O2. The summed E-state index contributed by atoms with van der Waals surface area (Å²) < 4.78 is 13.2. The van der Waals surface area contributed by atoms with E-state index in [2.05, 4.69) is 10.6 Å². The van der Waals surface area contributed by atoms with Gasteiger partial charge in [0.2, 0.25) is 5.91 Å². The average molecular weight is 291 g/mol. The number of urea groups is 1. The second kappa shape index (κ2) is 5.71. The lowest BCUT2D eigenvalue weighted by Gasteiger charge is -2.43. The topological polar surface area (TPSA) is 61.4 Å². The molecule has 2 atom stereocenters. The monoisotopic (exact) mass is 291 g/mol. The van der Waals surface area contributed by atoms with Crippen molar-refractivity contribution in [3.63, 3.8) is 0 Å². The van der Waals surface area contributed by atoms with Gasteiger partial charge < -0.3 is 15.5 Å². The molecule has 112 valence electrons. The van der Waals surface area contributed by atoms with Gasteiger partial charge in [0.15, 0.2) is 0 Å². The quantitative estimate of drug-likeness (QED) is 0.832. The Morgan fingerprint density at radius 3 is 2.95 bits per heavy atom. The molecule has 1 aliphatic carbocycles.